The van der Waals surface area contributed by atoms with Crippen LogP contribution in [0.2, 0.25) is 0 Å². The largest absolute Gasteiger partial charge is 0.478 e. The van der Waals surface area contributed by atoms with Crippen molar-refractivity contribution in [3.05, 3.63) is 27.9 Å². The van der Waals surface area contributed by atoms with Crippen LogP contribution in [0.1, 0.15) is 24.2 Å². The summed E-state index contributed by atoms with van der Waals surface area (Å²) in [7, 11) is 0. The molecule has 2 atom stereocenters. The number of hydrogen-bond acceptors (Lipinski definition) is 6. The van der Waals surface area contributed by atoms with Gasteiger partial charge in [0.05, 0.1) is 22.7 Å². The van der Waals surface area contributed by atoms with Crippen LogP contribution in [0.25, 0.3) is 0 Å². The Labute approximate surface area is 115 Å². The molecule has 0 saturated carbocycles. The summed E-state index contributed by atoms with van der Waals surface area (Å²) in [5.41, 5.74) is -0.499. The number of ether oxygens (including phenoxy) is 1. The fraction of sp³-hybridized carbons (Fsp3) is 0.500. The van der Waals surface area contributed by atoms with Crippen molar-refractivity contribution < 1.29 is 19.6 Å². The lowest BCUT2D eigenvalue weighted by Gasteiger charge is -2.35. The van der Waals surface area contributed by atoms with Gasteiger partial charge in [0.2, 0.25) is 5.82 Å². The Kier molecular flexibility index (Phi) is 3.84. The topological polar surface area (TPSA) is 106 Å². The summed E-state index contributed by atoms with van der Waals surface area (Å²) in [4.78, 5) is 27.1. The molecule has 1 N–H and O–H groups in total. The predicted molar refractivity (Wildman–Crippen MR) is 70.1 cm³/mol. The molecule has 2 heterocycles. The van der Waals surface area contributed by atoms with Crippen molar-refractivity contribution in [2.24, 2.45) is 0 Å². The zero-order chi connectivity index (χ0) is 14.9. The highest BCUT2D eigenvalue weighted by Gasteiger charge is 2.29. The third-order valence-corrected chi connectivity index (χ3v) is 3.01. The van der Waals surface area contributed by atoms with Gasteiger partial charge >= 0.3 is 11.7 Å². The summed E-state index contributed by atoms with van der Waals surface area (Å²) < 4.78 is 5.57. The molecule has 20 heavy (non-hydrogen) atoms. The Hall–Kier alpha value is -2.22. The van der Waals surface area contributed by atoms with Gasteiger partial charge in [-0.05, 0) is 13.8 Å². The molecule has 8 nitrogen and oxygen atoms in total. The van der Waals surface area contributed by atoms with Crippen molar-refractivity contribution in [3.8, 4) is 0 Å². The molecule has 0 bridgehead atoms. The molecule has 0 aliphatic carbocycles. The van der Waals surface area contributed by atoms with E-state index in [1.54, 1.807) is 4.90 Å². The smallest absolute Gasteiger partial charge is 0.337 e. The Morgan fingerprint density at radius 3 is 2.60 bits per heavy atom. The molecule has 8 heteroatoms. The lowest BCUT2D eigenvalue weighted by atomic mass is 10.2. The van der Waals surface area contributed by atoms with Crippen molar-refractivity contribution >= 4 is 17.5 Å². The van der Waals surface area contributed by atoms with E-state index >= 15 is 0 Å². The third-order valence-electron chi connectivity index (χ3n) is 3.01. The van der Waals surface area contributed by atoms with Crippen LogP contribution in [0.4, 0.5) is 11.5 Å². The first-order valence-corrected chi connectivity index (χ1v) is 6.16. The zero-order valence-electron chi connectivity index (χ0n) is 11.1. The third kappa shape index (κ3) is 2.85. The first-order chi connectivity index (χ1) is 9.38. The normalized spacial score (nSPS) is 22.6. The number of carboxylic acids is 1. The van der Waals surface area contributed by atoms with E-state index in [9.17, 15) is 14.9 Å². The molecule has 1 aliphatic heterocycles. The van der Waals surface area contributed by atoms with E-state index in [0.29, 0.717) is 13.1 Å². The highest BCUT2D eigenvalue weighted by molar-refractivity contribution is 5.88. The molecule has 0 aromatic carbocycles. The Balaban J connectivity index is 2.40. The highest BCUT2D eigenvalue weighted by Crippen LogP contribution is 2.29. The van der Waals surface area contributed by atoms with Gasteiger partial charge in [-0.1, -0.05) is 0 Å². The van der Waals surface area contributed by atoms with Gasteiger partial charge in [-0.15, -0.1) is 0 Å². The number of aromatic nitrogens is 1. The van der Waals surface area contributed by atoms with Crippen LogP contribution >= 0.6 is 0 Å². The van der Waals surface area contributed by atoms with Gasteiger partial charge in [-0.2, -0.15) is 0 Å². The number of hydrogen-bond donors (Lipinski definition) is 1. The molecule has 0 unspecified atom stereocenters. The number of aromatic carboxylic acids is 1. The van der Waals surface area contributed by atoms with Crippen molar-refractivity contribution in [2.45, 2.75) is 26.1 Å². The van der Waals surface area contributed by atoms with Gasteiger partial charge in [0, 0.05) is 25.4 Å². The molecule has 2 rings (SSSR count). The molecule has 1 aromatic heterocycles. The van der Waals surface area contributed by atoms with E-state index in [-0.39, 0.29) is 29.3 Å². The van der Waals surface area contributed by atoms with E-state index in [1.165, 1.54) is 0 Å². The quantitative estimate of drug-likeness (QED) is 0.657. The number of nitro groups is 1. The molecule has 1 fully saturated rings. The van der Waals surface area contributed by atoms with E-state index < -0.39 is 10.9 Å². The van der Waals surface area contributed by atoms with Gasteiger partial charge in [-0.25, -0.2) is 9.78 Å². The average Bonchev–Trinajstić information content (AvgIpc) is 2.36. The molecule has 1 saturated heterocycles. The maximum atomic E-state index is 11.1. The van der Waals surface area contributed by atoms with E-state index in [4.69, 9.17) is 9.84 Å². The number of anilines is 1. The van der Waals surface area contributed by atoms with Gasteiger partial charge in [0.1, 0.15) is 0 Å². The van der Waals surface area contributed by atoms with Gasteiger partial charge in [0.15, 0.2) is 0 Å². The fourth-order valence-electron chi connectivity index (χ4n) is 2.29. The first-order valence-electron chi connectivity index (χ1n) is 6.16. The maximum absolute atomic E-state index is 11.1. The standard InChI is InChI=1S/C12H15N3O5/c1-7-5-14(6-8(2)20-7)11-10(15(18)19)3-9(4-13-11)12(16)17/h3-4,7-8H,5-6H2,1-2H3,(H,16,17)/t7-,8+. The fourth-order valence-corrected chi connectivity index (χ4v) is 2.29. The van der Waals surface area contributed by atoms with Crippen LogP contribution in [0, 0.1) is 10.1 Å². The lowest BCUT2D eigenvalue weighted by molar-refractivity contribution is -0.384. The Bertz CT molecular complexity index is 538. The second kappa shape index (κ2) is 5.41. The molecule has 0 radical (unpaired) electrons. The van der Waals surface area contributed by atoms with Crippen molar-refractivity contribution in [1.29, 1.82) is 0 Å². The maximum Gasteiger partial charge on any atom is 0.337 e. The molecular formula is C12H15N3O5. The number of morpholine rings is 1. The monoisotopic (exact) mass is 281 g/mol. The minimum absolute atomic E-state index is 0.0701. The highest BCUT2D eigenvalue weighted by atomic mass is 16.6. The minimum atomic E-state index is -1.24. The number of carbonyl (C=O) groups is 1. The van der Waals surface area contributed by atoms with E-state index in [2.05, 4.69) is 4.98 Å². The lowest BCUT2D eigenvalue weighted by Crippen LogP contribution is -2.46. The zero-order valence-corrected chi connectivity index (χ0v) is 11.1. The average molecular weight is 281 g/mol. The van der Waals surface area contributed by atoms with Crippen LogP contribution < -0.4 is 4.90 Å². The second-order valence-electron chi connectivity index (χ2n) is 4.79. The summed E-state index contributed by atoms with van der Waals surface area (Å²) in [6.45, 7) is 4.70. The summed E-state index contributed by atoms with van der Waals surface area (Å²) >= 11 is 0. The van der Waals surface area contributed by atoms with Gasteiger partial charge < -0.3 is 14.7 Å². The Morgan fingerprint density at radius 2 is 2.10 bits per heavy atom. The molecule has 0 amide bonds. The van der Waals surface area contributed by atoms with E-state index in [1.807, 2.05) is 13.8 Å². The molecule has 0 spiro atoms. The van der Waals surface area contributed by atoms with Crippen molar-refractivity contribution in [3.63, 3.8) is 0 Å². The Morgan fingerprint density at radius 1 is 1.50 bits per heavy atom. The summed E-state index contributed by atoms with van der Waals surface area (Å²) in [6.07, 6.45) is 0.994. The van der Waals surface area contributed by atoms with Gasteiger partial charge in [0.25, 0.3) is 0 Å². The number of nitrogens with zero attached hydrogens (tertiary/aromatic N) is 3. The van der Waals surface area contributed by atoms with E-state index in [0.717, 1.165) is 12.3 Å². The first kappa shape index (κ1) is 14.2. The molecule has 108 valence electrons. The number of rotatable bonds is 3. The van der Waals surface area contributed by atoms with Crippen molar-refractivity contribution in [1.82, 2.24) is 4.98 Å². The molecule has 1 aliphatic rings. The van der Waals surface area contributed by atoms with Crippen LogP contribution in [0.3, 0.4) is 0 Å². The van der Waals surface area contributed by atoms with Crippen LogP contribution in [0.5, 0.6) is 0 Å². The second-order valence-corrected chi connectivity index (χ2v) is 4.79. The number of pyridine rings is 1. The summed E-state index contributed by atoms with van der Waals surface area (Å²) in [5, 5.41) is 20.0. The van der Waals surface area contributed by atoms with Crippen LogP contribution in [-0.4, -0.2) is 46.3 Å². The number of carboxylic acid groups (broad SMARTS) is 1. The summed E-state index contributed by atoms with van der Waals surface area (Å²) in [5.74, 6) is -1.06. The SMILES string of the molecule is C[C@@H]1CN(c2ncc(C(=O)O)cc2[N+](=O)[O-])C[C@H](C)O1. The predicted octanol–water partition coefficient (Wildman–Crippen LogP) is 1.30. The minimum Gasteiger partial charge on any atom is -0.478 e. The molecular weight excluding hydrogens is 266 g/mol. The van der Waals surface area contributed by atoms with Crippen LogP contribution in [-0.2, 0) is 4.74 Å². The molecule has 1 aromatic rings. The van der Waals surface area contributed by atoms with Crippen molar-refractivity contribution in [2.75, 3.05) is 18.0 Å². The van der Waals surface area contributed by atoms with Gasteiger partial charge in [-0.3, -0.25) is 10.1 Å². The summed E-state index contributed by atoms with van der Waals surface area (Å²) in [6, 6.07) is 1.04. The van der Waals surface area contributed by atoms with Crippen LogP contribution in [0.15, 0.2) is 12.3 Å².